The fourth-order valence-electron chi connectivity index (χ4n) is 4.77. The maximum absolute atomic E-state index is 13.7. The van der Waals surface area contributed by atoms with Gasteiger partial charge in [0.05, 0.1) is 24.0 Å². The molecule has 6 nitrogen and oxygen atoms in total. The lowest BCUT2D eigenvalue weighted by Crippen LogP contribution is -2.37. The smallest absolute Gasteiger partial charge is 0.266 e. The van der Waals surface area contributed by atoms with E-state index in [0.717, 1.165) is 28.1 Å². The van der Waals surface area contributed by atoms with Gasteiger partial charge in [-0.1, -0.05) is 48.0 Å². The number of carbonyl (C=O) groups is 2. The third-order valence-electron chi connectivity index (χ3n) is 6.25. The Morgan fingerprint density at radius 2 is 1.64 bits per heavy atom. The zero-order valence-corrected chi connectivity index (χ0v) is 18.9. The molecule has 2 amide bonds. The highest BCUT2D eigenvalue weighted by molar-refractivity contribution is 6.24. The molecule has 0 aliphatic carbocycles. The zero-order valence-electron chi connectivity index (χ0n) is 18.9. The van der Waals surface area contributed by atoms with Crippen LogP contribution < -0.4 is 14.7 Å². The predicted octanol–water partition coefficient (Wildman–Crippen LogP) is 4.75. The maximum Gasteiger partial charge on any atom is 0.266 e. The molecule has 2 saturated heterocycles. The highest BCUT2D eigenvalue weighted by Gasteiger charge is 2.60. The lowest BCUT2D eigenvalue weighted by molar-refractivity contribution is -0.126. The second-order valence-corrected chi connectivity index (χ2v) is 8.46. The molecule has 0 saturated carbocycles. The van der Waals surface area contributed by atoms with Crippen LogP contribution in [0.5, 0.6) is 5.75 Å². The Morgan fingerprint density at radius 3 is 2.30 bits per heavy atom. The number of benzene rings is 3. The number of hydrogen-bond acceptors (Lipinski definition) is 5. The van der Waals surface area contributed by atoms with E-state index in [-0.39, 0.29) is 11.8 Å². The summed E-state index contributed by atoms with van der Waals surface area (Å²) in [7, 11) is 0. The van der Waals surface area contributed by atoms with E-state index in [2.05, 4.69) is 0 Å². The maximum atomic E-state index is 13.7. The molecule has 3 atom stereocenters. The summed E-state index contributed by atoms with van der Waals surface area (Å²) in [6.07, 6.45) is -0.880. The summed E-state index contributed by atoms with van der Waals surface area (Å²) in [5, 5.41) is 1.71. The number of hydrogen-bond donors (Lipinski definition) is 0. The van der Waals surface area contributed by atoms with Gasteiger partial charge in [-0.2, -0.15) is 0 Å². The number of nitrogens with zero attached hydrogens (tertiary/aromatic N) is 2. The van der Waals surface area contributed by atoms with Crippen molar-refractivity contribution in [3.63, 3.8) is 0 Å². The Balaban J connectivity index is 1.56. The monoisotopic (exact) mass is 442 g/mol. The average molecular weight is 443 g/mol. The number of carbonyl (C=O) groups excluding carboxylic acids is 2. The molecule has 6 heteroatoms. The third kappa shape index (κ3) is 3.56. The van der Waals surface area contributed by atoms with Gasteiger partial charge in [-0.05, 0) is 62.2 Å². The van der Waals surface area contributed by atoms with Crippen molar-refractivity contribution < 1.29 is 19.2 Å². The highest BCUT2D eigenvalue weighted by Crippen LogP contribution is 2.48. The molecule has 0 bridgehead atoms. The average Bonchev–Trinajstić information content (AvgIpc) is 3.32. The van der Waals surface area contributed by atoms with Crippen LogP contribution in [0.3, 0.4) is 0 Å². The number of fused-ring (bicyclic) bond motifs is 1. The summed E-state index contributed by atoms with van der Waals surface area (Å²) in [4.78, 5) is 34.7. The summed E-state index contributed by atoms with van der Waals surface area (Å²) in [6, 6.07) is 22.5. The minimum absolute atomic E-state index is 0.241. The highest BCUT2D eigenvalue weighted by atomic mass is 16.7. The summed E-state index contributed by atoms with van der Waals surface area (Å²) in [5.74, 6) is -0.467. The fourth-order valence-corrected chi connectivity index (χ4v) is 4.77. The molecule has 3 aromatic rings. The van der Waals surface area contributed by atoms with Crippen molar-refractivity contribution in [1.29, 1.82) is 0 Å². The van der Waals surface area contributed by atoms with Crippen molar-refractivity contribution in [3.05, 3.63) is 89.5 Å². The Kier molecular flexibility index (Phi) is 5.38. The molecule has 5 rings (SSSR count). The van der Waals surface area contributed by atoms with Crippen LogP contribution in [0.25, 0.3) is 0 Å². The van der Waals surface area contributed by atoms with Crippen molar-refractivity contribution in [3.8, 4) is 5.75 Å². The number of rotatable bonds is 5. The van der Waals surface area contributed by atoms with E-state index >= 15 is 0 Å². The van der Waals surface area contributed by atoms with Gasteiger partial charge in [0.15, 0.2) is 6.10 Å². The van der Waals surface area contributed by atoms with Gasteiger partial charge in [0.25, 0.3) is 5.91 Å². The first-order valence-corrected chi connectivity index (χ1v) is 11.2. The van der Waals surface area contributed by atoms with Gasteiger partial charge in [0.1, 0.15) is 11.7 Å². The molecular weight excluding hydrogens is 416 g/mol. The van der Waals surface area contributed by atoms with Gasteiger partial charge in [-0.3, -0.25) is 14.4 Å². The number of imide groups is 1. The third-order valence-corrected chi connectivity index (χ3v) is 6.25. The lowest BCUT2D eigenvalue weighted by atomic mass is 9.90. The Hall–Kier alpha value is -3.64. The number of para-hydroxylation sites is 1. The molecule has 2 heterocycles. The largest absolute Gasteiger partial charge is 0.494 e. The zero-order chi connectivity index (χ0) is 23.1. The van der Waals surface area contributed by atoms with Crippen LogP contribution in [0.2, 0.25) is 0 Å². The van der Waals surface area contributed by atoms with Gasteiger partial charge in [0.2, 0.25) is 5.91 Å². The van der Waals surface area contributed by atoms with Crippen molar-refractivity contribution >= 4 is 23.2 Å². The molecule has 3 aromatic carbocycles. The first kappa shape index (κ1) is 21.2. The molecule has 0 unspecified atom stereocenters. The number of aryl methyl sites for hydroxylation is 2. The van der Waals surface area contributed by atoms with E-state index in [1.807, 2.05) is 93.6 Å². The fraction of sp³-hybridized carbons (Fsp3) is 0.259. The minimum atomic E-state index is -0.880. The number of anilines is 2. The molecule has 0 aromatic heterocycles. The summed E-state index contributed by atoms with van der Waals surface area (Å²) < 4.78 is 5.58. The summed E-state index contributed by atoms with van der Waals surface area (Å²) in [5.41, 5.74) is 4.26. The molecule has 168 valence electrons. The molecule has 2 aliphatic heterocycles. The first-order chi connectivity index (χ1) is 16.0. The molecule has 33 heavy (non-hydrogen) atoms. The standard InChI is InChI=1S/C27H26N2O4/c1-4-32-21-13-11-19(12-14-21)24-23-25(33-29(24)20-8-6-5-7-9-20)27(31)28(26(23)30)22-15-10-17(2)16-18(22)3/h5-16,23-25H,4H2,1-3H3/t23-,24+,25+/m1/s1. The Labute approximate surface area is 193 Å². The predicted molar refractivity (Wildman–Crippen MR) is 126 cm³/mol. The number of amides is 2. The van der Waals surface area contributed by atoms with Crippen LogP contribution in [-0.4, -0.2) is 24.5 Å². The molecule has 0 spiro atoms. The van der Waals surface area contributed by atoms with Crippen LogP contribution in [0.4, 0.5) is 11.4 Å². The van der Waals surface area contributed by atoms with Gasteiger partial charge in [-0.25, -0.2) is 9.96 Å². The second-order valence-electron chi connectivity index (χ2n) is 8.46. The van der Waals surface area contributed by atoms with E-state index < -0.39 is 18.1 Å². The van der Waals surface area contributed by atoms with Crippen LogP contribution in [-0.2, 0) is 14.4 Å². The summed E-state index contributed by atoms with van der Waals surface area (Å²) >= 11 is 0. The van der Waals surface area contributed by atoms with E-state index in [1.54, 1.807) is 5.06 Å². The minimum Gasteiger partial charge on any atom is -0.494 e. The Bertz CT molecular complexity index is 1190. The second kappa shape index (κ2) is 8.37. The normalized spacial score (nSPS) is 22.1. The molecule has 2 fully saturated rings. The van der Waals surface area contributed by atoms with Crippen molar-refractivity contribution in [2.75, 3.05) is 16.6 Å². The van der Waals surface area contributed by atoms with Gasteiger partial charge in [-0.15, -0.1) is 0 Å². The molecular formula is C27H26N2O4. The number of hydroxylamine groups is 1. The topological polar surface area (TPSA) is 59.1 Å². The van der Waals surface area contributed by atoms with Crippen molar-refractivity contribution in [2.24, 2.45) is 5.92 Å². The van der Waals surface area contributed by atoms with E-state index in [4.69, 9.17) is 9.57 Å². The van der Waals surface area contributed by atoms with Crippen molar-refractivity contribution in [2.45, 2.75) is 32.9 Å². The van der Waals surface area contributed by atoms with Gasteiger partial charge in [0, 0.05) is 0 Å². The SMILES string of the molecule is CCOc1ccc([C@H]2[C@H]3C(=O)N(c4ccc(C)cc4C)C(=O)[C@H]3ON2c2ccccc2)cc1. The van der Waals surface area contributed by atoms with Crippen LogP contribution in [0, 0.1) is 19.8 Å². The van der Waals surface area contributed by atoms with Crippen LogP contribution >= 0.6 is 0 Å². The quantitative estimate of drug-likeness (QED) is 0.534. The van der Waals surface area contributed by atoms with Gasteiger partial charge < -0.3 is 4.74 Å². The van der Waals surface area contributed by atoms with E-state index in [9.17, 15) is 9.59 Å². The Morgan fingerprint density at radius 1 is 0.909 bits per heavy atom. The first-order valence-electron chi connectivity index (χ1n) is 11.2. The van der Waals surface area contributed by atoms with E-state index in [0.29, 0.717) is 12.3 Å². The number of ether oxygens (including phenoxy) is 1. The molecule has 0 N–H and O–H groups in total. The van der Waals surface area contributed by atoms with Gasteiger partial charge >= 0.3 is 0 Å². The van der Waals surface area contributed by atoms with Crippen LogP contribution in [0.1, 0.15) is 29.7 Å². The van der Waals surface area contributed by atoms with E-state index in [1.165, 1.54) is 4.90 Å². The summed E-state index contributed by atoms with van der Waals surface area (Å²) in [6.45, 7) is 6.41. The molecule has 0 radical (unpaired) electrons. The lowest BCUT2D eigenvalue weighted by Gasteiger charge is -2.29. The van der Waals surface area contributed by atoms with Crippen LogP contribution in [0.15, 0.2) is 72.8 Å². The van der Waals surface area contributed by atoms with Crippen molar-refractivity contribution in [1.82, 2.24) is 0 Å². The molecule has 2 aliphatic rings.